The van der Waals surface area contributed by atoms with Crippen LogP contribution in [0, 0.1) is 0 Å². The highest BCUT2D eigenvalue weighted by molar-refractivity contribution is 5.94. The third-order valence-electron chi connectivity index (χ3n) is 2.99. The van der Waals surface area contributed by atoms with Crippen LogP contribution in [0.5, 0.6) is 0 Å². The quantitative estimate of drug-likeness (QED) is 0.886. The van der Waals surface area contributed by atoms with Crippen molar-refractivity contribution in [2.45, 2.75) is 19.9 Å². The zero-order valence-corrected chi connectivity index (χ0v) is 11.6. The van der Waals surface area contributed by atoms with Gasteiger partial charge in [0.15, 0.2) is 0 Å². The molecule has 0 fully saturated rings. The maximum absolute atomic E-state index is 12.3. The molecule has 6 heteroatoms. The lowest BCUT2D eigenvalue weighted by molar-refractivity contribution is 0.0665. The summed E-state index contributed by atoms with van der Waals surface area (Å²) in [6.45, 7) is 4.10. The highest BCUT2D eigenvalue weighted by Crippen LogP contribution is 2.10. The smallest absolute Gasteiger partial charge is 0.255 e. The summed E-state index contributed by atoms with van der Waals surface area (Å²) in [4.78, 5) is 22.2. The number of carbonyl (C=O) groups excluding carboxylic acids is 1. The molecule has 0 aliphatic carbocycles. The van der Waals surface area contributed by atoms with Crippen LogP contribution in [0.1, 0.15) is 24.2 Å². The van der Waals surface area contributed by atoms with Crippen molar-refractivity contribution < 1.29 is 9.90 Å². The van der Waals surface area contributed by atoms with Gasteiger partial charge in [-0.2, -0.15) is 0 Å². The molecular formula is C14H18N4O2. The Hall–Kier alpha value is -2.21. The van der Waals surface area contributed by atoms with E-state index in [0.29, 0.717) is 17.9 Å². The van der Waals surface area contributed by atoms with Crippen LogP contribution in [0.4, 0.5) is 0 Å². The van der Waals surface area contributed by atoms with Gasteiger partial charge in [-0.1, -0.05) is 0 Å². The molecule has 1 amide bonds. The van der Waals surface area contributed by atoms with Crippen molar-refractivity contribution in [3.8, 4) is 5.82 Å². The van der Waals surface area contributed by atoms with Gasteiger partial charge in [0.2, 0.25) is 0 Å². The Morgan fingerprint density at radius 1 is 1.45 bits per heavy atom. The Bertz CT molecular complexity index is 549. The largest absolute Gasteiger partial charge is 0.395 e. The number of carbonyl (C=O) groups is 1. The number of aromatic nitrogens is 3. The molecule has 2 aromatic heterocycles. The maximum Gasteiger partial charge on any atom is 0.255 e. The Kier molecular flexibility index (Phi) is 4.47. The molecule has 0 saturated carbocycles. The van der Waals surface area contributed by atoms with Crippen LogP contribution in [0.25, 0.3) is 5.82 Å². The third-order valence-corrected chi connectivity index (χ3v) is 2.99. The summed E-state index contributed by atoms with van der Waals surface area (Å²) in [6.07, 6.45) is 6.65. The van der Waals surface area contributed by atoms with E-state index in [1.165, 1.54) is 0 Å². The van der Waals surface area contributed by atoms with Gasteiger partial charge in [-0.05, 0) is 26.0 Å². The second kappa shape index (κ2) is 6.29. The standard InChI is InChI=1S/C14H18N4O2/c1-11(2)18(7-8-19)14(20)12-3-4-13(16-9-12)17-6-5-15-10-17/h3-6,9-11,19H,7-8H2,1-2H3. The SMILES string of the molecule is CC(C)N(CCO)C(=O)c1ccc(-n2ccnc2)nc1. The summed E-state index contributed by atoms with van der Waals surface area (Å²) in [5, 5.41) is 9.03. The van der Waals surface area contributed by atoms with E-state index in [-0.39, 0.29) is 18.6 Å². The van der Waals surface area contributed by atoms with E-state index < -0.39 is 0 Å². The lowest BCUT2D eigenvalue weighted by Crippen LogP contribution is -2.39. The molecule has 106 valence electrons. The van der Waals surface area contributed by atoms with Crippen molar-refractivity contribution in [3.63, 3.8) is 0 Å². The highest BCUT2D eigenvalue weighted by atomic mass is 16.3. The molecule has 0 aliphatic rings. The van der Waals surface area contributed by atoms with E-state index in [1.54, 1.807) is 46.5 Å². The van der Waals surface area contributed by atoms with Crippen LogP contribution in [-0.4, -0.2) is 49.6 Å². The summed E-state index contributed by atoms with van der Waals surface area (Å²) in [5.41, 5.74) is 0.510. The van der Waals surface area contributed by atoms with Gasteiger partial charge in [0.05, 0.1) is 12.2 Å². The molecule has 20 heavy (non-hydrogen) atoms. The summed E-state index contributed by atoms with van der Waals surface area (Å²) in [5.74, 6) is 0.580. The van der Waals surface area contributed by atoms with Crippen molar-refractivity contribution in [1.29, 1.82) is 0 Å². The van der Waals surface area contributed by atoms with Crippen molar-refractivity contribution in [3.05, 3.63) is 42.6 Å². The first-order valence-corrected chi connectivity index (χ1v) is 6.49. The normalized spacial score (nSPS) is 10.8. The van der Waals surface area contributed by atoms with Gasteiger partial charge in [-0.15, -0.1) is 0 Å². The van der Waals surface area contributed by atoms with Crippen molar-refractivity contribution in [1.82, 2.24) is 19.4 Å². The number of pyridine rings is 1. The van der Waals surface area contributed by atoms with E-state index >= 15 is 0 Å². The van der Waals surface area contributed by atoms with Crippen LogP contribution >= 0.6 is 0 Å². The summed E-state index contributed by atoms with van der Waals surface area (Å²) in [7, 11) is 0. The summed E-state index contributed by atoms with van der Waals surface area (Å²) in [6, 6.07) is 3.53. The Balaban J connectivity index is 2.18. The van der Waals surface area contributed by atoms with Gasteiger partial charge in [0.25, 0.3) is 5.91 Å². The molecule has 2 rings (SSSR count). The summed E-state index contributed by atoms with van der Waals surface area (Å²) >= 11 is 0. The Morgan fingerprint density at radius 3 is 2.75 bits per heavy atom. The van der Waals surface area contributed by atoms with Gasteiger partial charge in [-0.3, -0.25) is 9.36 Å². The van der Waals surface area contributed by atoms with Crippen LogP contribution < -0.4 is 0 Å². The first-order valence-electron chi connectivity index (χ1n) is 6.49. The second-order valence-corrected chi connectivity index (χ2v) is 4.69. The fourth-order valence-corrected chi connectivity index (χ4v) is 1.93. The van der Waals surface area contributed by atoms with E-state index in [1.807, 2.05) is 13.8 Å². The molecule has 0 atom stereocenters. The first kappa shape index (κ1) is 14.2. The number of hydrogen-bond donors (Lipinski definition) is 1. The number of hydrogen-bond acceptors (Lipinski definition) is 4. The zero-order chi connectivity index (χ0) is 14.5. The van der Waals surface area contributed by atoms with E-state index in [0.717, 1.165) is 0 Å². The first-order chi connectivity index (χ1) is 9.63. The Morgan fingerprint density at radius 2 is 2.25 bits per heavy atom. The van der Waals surface area contributed by atoms with E-state index in [9.17, 15) is 4.79 Å². The van der Waals surface area contributed by atoms with Crippen molar-refractivity contribution >= 4 is 5.91 Å². The third kappa shape index (κ3) is 3.03. The van der Waals surface area contributed by atoms with E-state index in [4.69, 9.17) is 5.11 Å². The number of aliphatic hydroxyl groups is 1. The highest BCUT2D eigenvalue weighted by Gasteiger charge is 2.18. The molecule has 0 aliphatic heterocycles. The number of amides is 1. The average molecular weight is 274 g/mol. The lowest BCUT2D eigenvalue weighted by Gasteiger charge is -2.25. The number of imidazole rings is 1. The fourth-order valence-electron chi connectivity index (χ4n) is 1.93. The zero-order valence-electron chi connectivity index (χ0n) is 11.6. The summed E-state index contributed by atoms with van der Waals surface area (Å²) < 4.78 is 1.77. The molecule has 2 aromatic rings. The minimum atomic E-state index is -0.126. The van der Waals surface area contributed by atoms with Gasteiger partial charge >= 0.3 is 0 Å². The number of aliphatic hydroxyl groups excluding tert-OH is 1. The minimum absolute atomic E-state index is 0.0305. The van der Waals surface area contributed by atoms with Crippen molar-refractivity contribution in [2.75, 3.05) is 13.2 Å². The lowest BCUT2D eigenvalue weighted by atomic mass is 10.2. The molecule has 6 nitrogen and oxygen atoms in total. The molecule has 1 N–H and O–H groups in total. The van der Waals surface area contributed by atoms with Crippen LogP contribution in [0.15, 0.2) is 37.1 Å². The molecule has 0 spiro atoms. The average Bonchev–Trinajstić information content (AvgIpc) is 2.98. The molecule has 0 saturated heterocycles. The molecule has 0 bridgehead atoms. The fraction of sp³-hybridized carbons (Fsp3) is 0.357. The van der Waals surface area contributed by atoms with Gasteiger partial charge in [-0.25, -0.2) is 9.97 Å². The maximum atomic E-state index is 12.3. The van der Waals surface area contributed by atoms with Gasteiger partial charge in [0, 0.05) is 31.2 Å². The van der Waals surface area contributed by atoms with Crippen LogP contribution in [-0.2, 0) is 0 Å². The molecule has 0 radical (unpaired) electrons. The van der Waals surface area contributed by atoms with Gasteiger partial charge < -0.3 is 10.0 Å². The molecule has 2 heterocycles. The topological polar surface area (TPSA) is 71.2 Å². The van der Waals surface area contributed by atoms with Crippen LogP contribution in [0.3, 0.4) is 0 Å². The van der Waals surface area contributed by atoms with Crippen LogP contribution in [0.2, 0.25) is 0 Å². The van der Waals surface area contributed by atoms with Crippen molar-refractivity contribution in [2.24, 2.45) is 0 Å². The molecule has 0 aromatic carbocycles. The second-order valence-electron chi connectivity index (χ2n) is 4.69. The van der Waals surface area contributed by atoms with E-state index in [2.05, 4.69) is 9.97 Å². The number of nitrogens with zero attached hydrogens (tertiary/aromatic N) is 4. The Labute approximate surface area is 117 Å². The predicted octanol–water partition coefficient (Wildman–Crippen LogP) is 1.11. The monoisotopic (exact) mass is 274 g/mol. The number of rotatable bonds is 5. The minimum Gasteiger partial charge on any atom is -0.395 e. The predicted molar refractivity (Wildman–Crippen MR) is 74.6 cm³/mol. The molecular weight excluding hydrogens is 256 g/mol. The van der Waals surface area contributed by atoms with Gasteiger partial charge in [0.1, 0.15) is 12.1 Å². The molecule has 0 unspecified atom stereocenters.